The van der Waals surface area contributed by atoms with Crippen LogP contribution in [0.15, 0.2) is 34.9 Å². The van der Waals surface area contributed by atoms with E-state index in [9.17, 15) is 0 Å². The van der Waals surface area contributed by atoms with Gasteiger partial charge in [-0.05, 0) is 36.8 Å². The maximum absolute atomic E-state index is 5.82. The number of benzene rings is 1. The quantitative estimate of drug-likeness (QED) is 0.648. The van der Waals surface area contributed by atoms with Crippen molar-refractivity contribution in [1.82, 2.24) is 14.8 Å². The van der Waals surface area contributed by atoms with Crippen LogP contribution in [0, 0.1) is 6.92 Å². The summed E-state index contributed by atoms with van der Waals surface area (Å²) in [5.41, 5.74) is 3.81. The van der Waals surface area contributed by atoms with Gasteiger partial charge in [-0.15, -0.1) is 0 Å². The summed E-state index contributed by atoms with van der Waals surface area (Å²) < 4.78 is 13.7. The van der Waals surface area contributed by atoms with Crippen LogP contribution < -0.4 is 10.1 Å². The lowest BCUT2D eigenvalue weighted by Crippen LogP contribution is -2.06. The lowest BCUT2D eigenvalue weighted by Gasteiger charge is -2.15. The van der Waals surface area contributed by atoms with Gasteiger partial charge in [-0.1, -0.05) is 15.9 Å². The fourth-order valence-electron chi connectivity index (χ4n) is 2.36. The van der Waals surface area contributed by atoms with E-state index in [1.165, 1.54) is 0 Å². The van der Waals surface area contributed by atoms with E-state index in [-0.39, 0.29) is 0 Å². The third kappa shape index (κ3) is 3.52. The van der Waals surface area contributed by atoms with Crippen LogP contribution in [0.4, 0.5) is 11.5 Å². The molecule has 0 bridgehead atoms. The summed E-state index contributed by atoms with van der Waals surface area (Å²) in [7, 11) is 3.55. The van der Waals surface area contributed by atoms with E-state index in [4.69, 9.17) is 9.47 Å². The SMILES string of the molecule is COCCOc1cc(Br)c(C)cc1Nc1ccc2c(cnn2C)n1. The number of nitrogens with zero attached hydrogens (tertiary/aromatic N) is 3. The van der Waals surface area contributed by atoms with Crippen LogP contribution in [-0.2, 0) is 11.8 Å². The van der Waals surface area contributed by atoms with Gasteiger partial charge in [0.2, 0.25) is 0 Å². The number of halogens is 1. The van der Waals surface area contributed by atoms with Crippen molar-refractivity contribution in [2.45, 2.75) is 6.92 Å². The monoisotopic (exact) mass is 390 g/mol. The normalized spacial score (nSPS) is 11.0. The van der Waals surface area contributed by atoms with Gasteiger partial charge in [-0.3, -0.25) is 4.68 Å². The fourth-order valence-corrected chi connectivity index (χ4v) is 2.68. The third-order valence-electron chi connectivity index (χ3n) is 3.67. The van der Waals surface area contributed by atoms with Crippen molar-refractivity contribution in [1.29, 1.82) is 0 Å². The zero-order chi connectivity index (χ0) is 17.1. The Morgan fingerprint density at radius 3 is 2.88 bits per heavy atom. The van der Waals surface area contributed by atoms with Gasteiger partial charge in [-0.25, -0.2) is 4.98 Å². The van der Waals surface area contributed by atoms with Crippen molar-refractivity contribution >= 4 is 38.5 Å². The molecule has 0 fully saturated rings. The number of hydrogen-bond donors (Lipinski definition) is 1. The highest BCUT2D eigenvalue weighted by Crippen LogP contribution is 2.33. The van der Waals surface area contributed by atoms with E-state index in [1.807, 2.05) is 38.2 Å². The van der Waals surface area contributed by atoms with E-state index < -0.39 is 0 Å². The van der Waals surface area contributed by atoms with Crippen molar-refractivity contribution in [3.63, 3.8) is 0 Å². The maximum Gasteiger partial charge on any atom is 0.144 e. The van der Waals surface area contributed by atoms with Gasteiger partial charge in [-0.2, -0.15) is 5.10 Å². The standard InChI is InChI=1S/C17H19BrN4O2/c1-11-8-13(16(9-12(11)18)24-7-6-23-3)20-17-5-4-15-14(21-17)10-19-22(15)2/h4-5,8-10H,6-7H2,1-3H3,(H,20,21). The Bertz CT molecular complexity index is 863. The number of methoxy groups -OCH3 is 1. The molecule has 126 valence electrons. The first kappa shape index (κ1) is 16.7. The zero-order valence-corrected chi connectivity index (χ0v) is 15.4. The van der Waals surface area contributed by atoms with Gasteiger partial charge in [0.15, 0.2) is 0 Å². The second kappa shape index (κ2) is 7.19. The first-order chi connectivity index (χ1) is 11.6. The molecule has 6 nitrogen and oxygen atoms in total. The van der Waals surface area contributed by atoms with Crippen LogP contribution in [0.5, 0.6) is 5.75 Å². The second-order valence-electron chi connectivity index (χ2n) is 5.43. The number of ether oxygens (including phenoxy) is 2. The first-order valence-electron chi connectivity index (χ1n) is 7.56. The average Bonchev–Trinajstić information content (AvgIpc) is 2.93. The summed E-state index contributed by atoms with van der Waals surface area (Å²) in [5, 5.41) is 7.55. The summed E-state index contributed by atoms with van der Waals surface area (Å²) in [6.07, 6.45) is 1.75. The summed E-state index contributed by atoms with van der Waals surface area (Å²) in [4.78, 5) is 4.59. The Morgan fingerprint density at radius 2 is 2.08 bits per heavy atom. The number of fused-ring (bicyclic) bond motifs is 1. The Morgan fingerprint density at radius 1 is 1.25 bits per heavy atom. The Balaban J connectivity index is 1.90. The van der Waals surface area contributed by atoms with E-state index in [1.54, 1.807) is 18.0 Å². The molecule has 1 aromatic carbocycles. The number of pyridine rings is 1. The summed E-state index contributed by atoms with van der Waals surface area (Å²) in [6.45, 7) is 3.05. The molecular weight excluding hydrogens is 372 g/mol. The van der Waals surface area contributed by atoms with Crippen LogP contribution >= 0.6 is 15.9 Å². The van der Waals surface area contributed by atoms with Gasteiger partial charge in [0.25, 0.3) is 0 Å². The molecule has 0 saturated carbocycles. The molecule has 3 aromatic rings. The number of anilines is 2. The maximum atomic E-state index is 5.82. The summed E-state index contributed by atoms with van der Waals surface area (Å²) in [6, 6.07) is 7.91. The highest BCUT2D eigenvalue weighted by Gasteiger charge is 2.10. The Kier molecular flexibility index (Phi) is 5.01. The molecule has 0 amide bonds. The minimum Gasteiger partial charge on any atom is -0.489 e. The van der Waals surface area contributed by atoms with Gasteiger partial charge in [0.05, 0.1) is 24.0 Å². The van der Waals surface area contributed by atoms with Crippen LogP contribution in [0.2, 0.25) is 0 Å². The number of aromatic nitrogens is 3. The molecule has 0 aliphatic heterocycles. The third-order valence-corrected chi connectivity index (χ3v) is 4.53. The fraction of sp³-hybridized carbons (Fsp3) is 0.294. The van der Waals surface area contributed by atoms with E-state index in [0.29, 0.717) is 13.2 Å². The van der Waals surface area contributed by atoms with Crippen molar-refractivity contribution in [2.75, 3.05) is 25.6 Å². The lowest BCUT2D eigenvalue weighted by molar-refractivity contribution is 0.146. The van der Waals surface area contributed by atoms with Gasteiger partial charge < -0.3 is 14.8 Å². The first-order valence-corrected chi connectivity index (χ1v) is 8.35. The Labute approximate surface area is 148 Å². The predicted molar refractivity (Wildman–Crippen MR) is 98.0 cm³/mol. The molecule has 2 heterocycles. The van der Waals surface area contributed by atoms with E-state index in [2.05, 4.69) is 31.3 Å². The van der Waals surface area contributed by atoms with Crippen molar-refractivity contribution in [2.24, 2.45) is 7.05 Å². The molecule has 3 rings (SSSR count). The van der Waals surface area contributed by atoms with Crippen molar-refractivity contribution in [3.05, 3.63) is 40.5 Å². The van der Waals surface area contributed by atoms with Gasteiger partial charge in [0.1, 0.15) is 23.7 Å². The topological polar surface area (TPSA) is 61.2 Å². The molecule has 0 saturated heterocycles. The minimum absolute atomic E-state index is 0.482. The highest BCUT2D eigenvalue weighted by molar-refractivity contribution is 9.10. The molecular formula is C17H19BrN4O2. The molecule has 0 spiro atoms. The average molecular weight is 391 g/mol. The molecule has 0 aliphatic carbocycles. The second-order valence-corrected chi connectivity index (χ2v) is 6.29. The number of nitrogens with one attached hydrogen (secondary N) is 1. The smallest absolute Gasteiger partial charge is 0.144 e. The molecule has 0 atom stereocenters. The number of hydrogen-bond acceptors (Lipinski definition) is 5. The molecule has 0 radical (unpaired) electrons. The van der Waals surface area contributed by atoms with Crippen molar-refractivity contribution in [3.8, 4) is 5.75 Å². The van der Waals surface area contributed by atoms with Crippen molar-refractivity contribution < 1.29 is 9.47 Å². The van der Waals surface area contributed by atoms with E-state index >= 15 is 0 Å². The van der Waals surface area contributed by atoms with E-state index in [0.717, 1.165) is 38.3 Å². The highest BCUT2D eigenvalue weighted by atomic mass is 79.9. The van der Waals surface area contributed by atoms with Gasteiger partial charge in [0, 0.05) is 18.6 Å². The van der Waals surface area contributed by atoms with Crippen LogP contribution in [0.1, 0.15) is 5.56 Å². The van der Waals surface area contributed by atoms with Crippen LogP contribution in [0.3, 0.4) is 0 Å². The minimum atomic E-state index is 0.482. The number of rotatable bonds is 6. The zero-order valence-electron chi connectivity index (χ0n) is 13.8. The van der Waals surface area contributed by atoms with Crippen LogP contribution in [-0.4, -0.2) is 35.1 Å². The molecule has 0 unspecified atom stereocenters. The van der Waals surface area contributed by atoms with Crippen LogP contribution in [0.25, 0.3) is 11.0 Å². The Hall–Kier alpha value is -2.12. The molecule has 2 aromatic heterocycles. The predicted octanol–water partition coefficient (Wildman–Crippen LogP) is 3.81. The summed E-state index contributed by atoms with van der Waals surface area (Å²) in [5.74, 6) is 1.49. The van der Waals surface area contributed by atoms with Gasteiger partial charge >= 0.3 is 0 Å². The number of aryl methyl sites for hydroxylation is 2. The molecule has 24 heavy (non-hydrogen) atoms. The molecule has 0 aliphatic rings. The molecule has 7 heteroatoms. The lowest BCUT2D eigenvalue weighted by atomic mass is 10.2. The largest absolute Gasteiger partial charge is 0.489 e. The molecule has 1 N–H and O–H groups in total. The summed E-state index contributed by atoms with van der Waals surface area (Å²) >= 11 is 3.54.